The van der Waals surface area contributed by atoms with Crippen LogP contribution in [0.25, 0.3) is 6.08 Å². The smallest absolute Gasteiger partial charge is 0.112 e. The summed E-state index contributed by atoms with van der Waals surface area (Å²) in [7, 11) is 2.01. The Morgan fingerprint density at radius 3 is 3.04 bits per heavy atom. The molecule has 2 aromatic carbocycles. The molecule has 1 aliphatic heterocycles. The predicted molar refractivity (Wildman–Crippen MR) is 114 cm³/mol. The first-order chi connectivity index (χ1) is 13.6. The number of nitrogens with two attached hydrogens (primary N) is 1. The molecule has 5 heteroatoms. The maximum absolute atomic E-state index is 6.85. The third-order valence-corrected chi connectivity index (χ3v) is 6.04. The second kappa shape index (κ2) is 6.53. The molecule has 4 N–H and O–H groups in total. The number of aromatic nitrogens is 2. The zero-order chi connectivity index (χ0) is 19.1. The summed E-state index contributed by atoms with van der Waals surface area (Å²) in [5.74, 6) is 0.288. The van der Waals surface area contributed by atoms with E-state index >= 15 is 0 Å². The predicted octanol–water partition coefficient (Wildman–Crippen LogP) is 3.86. The average molecular weight is 371 g/mol. The number of nitrogens with zero attached hydrogens (tertiary/aromatic N) is 2. The summed E-state index contributed by atoms with van der Waals surface area (Å²) in [4.78, 5) is 4.16. The zero-order valence-electron chi connectivity index (χ0n) is 16.0. The van der Waals surface area contributed by atoms with Crippen LogP contribution in [0.5, 0.6) is 0 Å². The highest BCUT2D eigenvalue weighted by molar-refractivity contribution is 5.76. The number of hydrogen-bond acceptors (Lipinski definition) is 4. The Hall–Kier alpha value is -3.05. The van der Waals surface area contributed by atoms with Crippen molar-refractivity contribution >= 4 is 17.5 Å². The number of benzene rings is 2. The van der Waals surface area contributed by atoms with Crippen LogP contribution in [0.15, 0.2) is 61.1 Å². The molecule has 1 aliphatic carbocycles. The van der Waals surface area contributed by atoms with E-state index < -0.39 is 5.66 Å². The van der Waals surface area contributed by atoms with Crippen molar-refractivity contribution < 1.29 is 0 Å². The number of rotatable bonds is 4. The molecular weight excluding hydrogens is 346 g/mol. The molecule has 0 radical (unpaired) electrons. The van der Waals surface area contributed by atoms with E-state index in [1.165, 1.54) is 11.1 Å². The van der Waals surface area contributed by atoms with Gasteiger partial charge in [0.05, 0.1) is 18.6 Å². The van der Waals surface area contributed by atoms with Crippen LogP contribution in [0.4, 0.5) is 11.4 Å². The summed E-state index contributed by atoms with van der Waals surface area (Å²) in [6, 6.07) is 15.1. The molecule has 1 aromatic heterocycles. The van der Waals surface area contributed by atoms with Crippen molar-refractivity contribution in [3.8, 4) is 0 Å². The Balaban J connectivity index is 1.36. The van der Waals surface area contributed by atoms with Gasteiger partial charge in [0.2, 0.25) is 0 Å². The van der Waals surface area contributed by atoms with Crippen LogP contribution in [-0.2, 0) is 20.0 Å². The van der Waals surface area contributed by atoms with Crippen LogP contribution in [0.3, 0.4) is 0 Å². The topological polar surface area (TPSA) is 67.9 Å². The lowest BCUT2D eigenvalue weighted by Gasteiger charge is -2.38. The molecule has 28 heavy (non-hydrogen) atoms. The van der Waals surface area contributed by atoms with Crippen LogP contribution in [0.2, 0.25) is 0 Å². The van der Waals surface area contributed by atoms with E-state index in [4.69, 9.17) is 5.73 Å². The second-order valence-corrected chi connectivity index (χ2v) is 7.83. The largest absolute Gasteiger partial charge is 0.379 e. The van der Waals surface area contributed by atoms with Crippen molar-refractivity contribution in [3.63, 3.8) is 0 Å². The number of nitrogens with one attached hydrogen (secondary N) is 2. The van der Waals surface area contributed by atoms with Crippen LogP contribution in [0.1, 0.15) is 34.7 Å². The molecule has 0 saturated heterocycles. The lowest BCUT2D eigenvalue weighted by molar-refractivity contribution is 0.468. The molecule has 2 heterocycles. The van der Waals surface area contributed by atoms with Crippen LogP contribution in [-0.4, -0.2) is 15.2 Å². The van der Waals surface area contributed by atoms with E-state index in [1.807, 2.05) is 24.1 Å². The van der Waals surface area contributed by atoms with Gasteiger partial charge in [-0.05, 0) is 53.8 Å². The average Bonchev–Trinajstić information content (AvgIpc) is 3.33. The fraction of sp³-hybridized carbons (Fsp3) is 0.261. The van der Waals surface area contributed by atoms with Gasteiger partial charge < -0.3 is 20.9 Å². The van der Waals surface area contributed by atoms with E-state index in [0.717, 1.165) is 42.0 Å². The SMILES string of the molecule is Cn1cncc1CNc1ccc2c(c1)C=C[C@](N)(C1CCc3ccccc31)N2. The summed E-state index contributed by atoms with van der Waals surface area (Å²) in [6.45, 7) is 0.742. The number of imidazole rings is 1. The number of fused-ring (bicyclic) bond motifs is 2. The quantitative estimate of drug-likeness (QED) is 0.651. The fourth-order valence-electron chi connectivity index (χ4n) is 4.43. The minimum atomic E-state index is -0.552. The van der Waals surface area contributed by atoms with Crippen molar-refractivity contribution in [1.29, 1.82) is 0 Å². The Kier molecular flexibility index (Phi) is 3.98. The Morgan fingerprint density at radius 2 is 2.18 bits per heavy atom. The van der Waals surface area contributed by atoms with Gasteiger partial charge in [0.25, 0.3) is 0 Å². The molecule has 5 rings (SSSR count). The highest BCUT2D eigenvalue weighted by Gasteiger charge is 2.39. The third-order valence-electron chi connectivity index (χ3n) is 6.04. The third kappa shape index (κ3) is 2.88. The number of hydrogen-bond donors (Lipinski definition) is 3. The van der Waals surface area contributed by atoms with Crippen LogP contribution in [0, 0.1) is 0 Å². The van der Waals surface area contributed by atoms with Crippen molar-refractivity contribution in [2.75, 3.05) is 10.6 Å². The van der Waals surface area contributed by atoms with E-state index in [9.17, 15) is 0 Å². The highest BCUT2D eigenvalue weighted by atomic mass is 15.1. The molecule has 0 fully saturated rings. The van der Waals surface area contributed by atoms with Gasteiger partial charge in [0.15, 0.2) is 0 Å². The van der Waals surface area contributed by atoms with Crippen LogP contribution >= 0.6 is 0 Å². The molecule has 5 nitrogen and oxygen atoms in total. The van der Waals surface area contributed by atoms with Crippen LogP contribution < -0.4 is 16.4 Å². The summed E-state index contributed by atoms with van der Waals surface area (Å²) in [6.07, 6.45) is 10.2. The van der Waals surface area contributed by atoms with Crippen molar-refractivity contribution in [2.45, 2.75) is 31.0 Å². The molecular formula is C23H25N5. The normalized spacial score (nSPS) is 22.4. The maximum Gasteiger partial charge on any atom is 0.112 e. The minimum absolute atomic E-state index is 0.288. The molecule has 142 valence electrons. The maximum atomic E-state index is 6.85. The van der Waals surface area contributed by atoms with Crippen molar-refractivity contribution in [1.82, 2.24) is 9.55 Å². The lowest BCUT2D eigenvalue weighted by Crippen LogP contribution is -2.51. The highest BCUT2D eigenvalue weighted by Crippen LogP contribution is 2.43. The van der Waals surface area contributed by atoms with Gasteiger partial charge in [-0.3, -0.25) is 0 Å². The first-order valence-electron chi connectivity index (χ1n) is 9.80. The van der Waals surface area contributed by atoms with E-state index in [0.29, 0.717) is 0 Å². The molecule has 3 aromatic rings. The van der Waals surface area contributed by atoms with Crippen molar-refractivity contribution in [3.05, 3.63) is 83.4 Å². The first-order valence-corrected chi connectivity index (χ1v) is 9.80. The van der Waals surface area contributed by atoms with E-state index in [1.54, 1.807) is 0 Å². The zero-order valence-corrected chi connectivity index (χ0v) is 16.0. The van der Waals surface area contributed by atoms with Gasteiger partial charge in [-0.15, -0.1) is 0 Å². The molecule has 0 amide bonds. The van der Waals surface area contributed by atoms with Gasteiger partial charge in [-0.1, -0.05) is 30.3 Å². The standard InChI is InChI=1S/C23H25N5/c1-28-15-25-13-19(28)14-26-18-7-9-22-17(12-18)10-11-23(24,27-22)21-8-6-16-4-2-3-5-20(16)21/h2-5,7,9-13,15,21,26-27H,6,8,14,24H2,1H3/t21?,23-/m1/s1. The summed E-state index contributed by atoms with van der Waals surface area (Å²) in [5.41, 5.74) is 13.6. The Morgan fingerprint density at radius 1 is 1.29 bits per heavy atom. The summed E-state index contributed by atoms with van der Waals surface area (Å²) >= 11 is 0. The number of anilines is 2. The lowest BCUT2D eigenvalue weighted by atomic mass is 9.84. The molecule has 1 unspecified atom stereocenters. The van der Waals surface area contributed by atoms with Gasteiger partial charge in [-0.2, -0.15) is 0 Å². The van der Waals surface area contributed by atoms with Gasteiger partial charge in [0.1, 0.15) is 5.66 Å². The van der Waals surface area contributed by atoms with Gasteiger partial charge in [0, 0.05) is 30.5 Å². The monoisotopic (exact) mass is 371 g/mol. The van der Waals surface area contributed by atoms with E-state index in [-0.39, 0.29) is 5.92 Å². The number of aryl methyl sites for hydroxylation is 2. The first kappa shape index (κ1) is 17.1. The molecule has 0 spiro atoms. The fourth-order valence-corrected chi connectivity index (χ4v) is 4.43. The molecule has 0 saturated carbocycles. The summed E-state index contributed by atoms with van der Waals surface area (Å²) in [5, 5.41) is 7.08. The molecule has 2 aliphatic rings. The van der Waals surface area contributed by atoms with Gasteiger partial charge in [-0.25, -0.2) is 4.98 Å². The molecule has 2 atom stereocenters. The van der Waals surface area contributed by atoms with Gasteiger partial charge >= 0.3 is 0 Å². The Labute approximate surface area is 165 Å². The Bertz CT molecular complexity index is 1050. The second-order valence-electron chi connectivity index (χ2n) is 7.83. The van der Waals surface area contributed by atoms with E-state index in [2.05, 4.69) is 70.2 Å². The minimum Gasteiger partial charge on any atom is -0.379 e. The van der Waals surface area contributed by atoms with Crippen molar-refractivity contribution in [2.24, 2.45) is 12.8 Å². The molecule has 0 bridgehead atoms. The summed E-state index contributed by atoms with van der Waals surface area (Å²) < 4.78 is 2.02.